The van der Waals surface area contributed by atoms with E-state index in [0.29, 0.717) is 18.5 Å². The minimum atomic E-state index is -0.875. The molecule has 0 aliphatic heterocycles. The first-order valence-electron chi connectivity index (χ1n) is 5.02. The summed E-state index contributed by atoms with van der Waals surface area (Å²) in [7, 11) is 1.81. The third-order valence-electron chi connectivity index (χ3n) is 2.33. The van der Waals surface area contributed by atoms with E-state index in [-0.39, 0.29) is 0 Å². The van der Waals surface area contributed by atoms with Crippen LogP contribution in [-0.4, -0.2) is 29.9 Å². The molecule has 90 valence electrons. The molecule has 0 spiro atoms. The van der Waals surface area contributed by atoms with Crippen LogP contribution in [0.5, 0.6) is 0 Å². The molecule has 0 saturated carbocycles. The van der Waals surface area contributed by atoms with Crippen molar-refractivity contribution in [2.45, 2.75) is 18.6 Å². The van der Waals surface area contributed by atoms with Gasteiger partial charge in [0.05, 0.1) is 6.10 Å². The molecule has 3 nitrogen and oxygen atoms in total. The zero-order chi connectivity index (χ0) is 12.1. The number of aliphatic hydroxyl groups is 2. The Balaban J connectivity index is 2.78. The lowest BCUT2D eigenvalue weighted by Crippen LogP contribution is -2.23. The first-order valence-corrected chi connectivity index (χ1v) is 6.60. The quantitative estimate of drug-likeness (QED) is 0.761. The molecular formula is C11H15Br2NO2. The van der Waals surface area contributed by atoms with Crippen molar-refractivity contribution in [2.24, 2.45) is 0 Å². The minimum absolute atomic E-state index is 0.511. The molecule has 0 heterocycles. The average Bonchev–Trinajstić information content (AvgIpc) is 2.28. The lowest BCUT2D eigenvalue weighted by atomic mass is 10.0. The Morgan fingerprint density at radius 1 is 1.31 bits per heavy atom. The normalized spacial score (nSPS) is 14.8. The van der Waals surface area contributed by atoms with E-state index in [1.54, 1.807) is 6.07 Å². The van der Waals surface area contributed by atoms with Crippen LogP contribution in [0.1, 0.15) is 18.1 Å². The summed E-state index contributed by atoms with van der Waals surface area (Å²) in [6.45, 7) is 0.670. The molecule has 0 saturated heterocycles. The number of hydrogen-bond donors (Lipinski definition) is 3. The zero-order valence-electron chi connectivity index (χ0n) is 8.95. The van der Waals surface area contributed by atoms with E-state index in [2.05, 4.69) is 37.2 Å². The molecule has 1 aromatic carbocycles. The Morgan fingerprint density at radius 3 is 2.62 bits per heavy atom. The predicted octanol–water partition coefficient (Wildman–Crippen LogP) is 2.22. The Kier molecular flexibility index (Phi) is 5.92. The highest BCUT2D eigenvalue weighted by atomic mass is 79.9. The molecule has 0 aliphatic carbocycles. The van der Waals surface area contributed by atoms with Crippen molar-refractivity contribution in [1.82, 2.24) is 5.32 Å². The van der Waals surface area contributed by atoms with Crippen LogP contribution in [0.3, 0.4) is 0 Å². The van der Waals surface area contributed by atoms with Gasteiger partial charge in [0, 0.05) is 8.95 Å². The minimum Gasteiger partial charge on any atom is -0.390 e. The van der Waals surface area contributed by atoms with Gasteiger partial charge in [-0.3, -0.25) is 0 Å². The second-order valence-electron chi connectivity index (χ2n) is 3.57. The smallest absolute Gasteiger partial charge is 0.106 e. The molecule has 2 atom stereocenters. The lowest BCUT2D eigenvalue weighted by Gasteiger charge is -2.19. The second kappa shape index (κ2) is 6.71. The largest absolute Gasteiger partial charge is 0.390 e. The number of nitrogens with one attached hydrogen (secondary N) is 1. The summed E-state index contributed by atoms with van der Waals surface area (Å²) in [4.78, 5) is 0. The first-order chi connectivity index (χ1) is 7.56. The van der Waals surface area contributed by atoms with Crippen molar-refractivity contribution in [1.29, 1.82) is 0 Å². The van der Waals surface area contributed by atoms with Gasteiger partial charge in [-0.25, -0.2) is 0 Å². The molecule has 0 aromatic heterocycles. The standard InChI is InChI=1S/C11H15Br2NO2/c1-14-5-4-10(15)11(16)8-6-7(12)2-3-9(8)13/h2-3,6,10-11,14-16H,4-5H2,1H3. The van der Waals surface area contributed by atoms with Crippen LogP contribution in [0.2, 0.25) is 0 Å². The van der Waals surface area contributed by atoms with E-state index in [1.165, 1.54) is 0 Å². The first kappa shape index (κ1) is 14.1. The SMILES string of the molecule is CNCCC(O)C(O)c1cc(Br)ccc1Br. The molecule has 1 rings (SSSR count). The maximum atomic E-state index is 9.99. The fraction of sp³-hybridized carbons (Fsp3) is 0.455. The monoisotopic (exact) mass is 351 g/mol. The molecule has 2 unspecified atom stereocenters. The van der Waals surface area contributed by atoms with Gasteiger partial charge in [-0.1, -0.05) is 31.9 Å². The average molecular weight is 353 g/mol. The van der Waals surface area contributed by atoms with E-state index in [1.807, 2.05) is 19.2 Å². The molecule has 0 radical (unpaired) electrons. The topological polar surface area (TPSA) is 52.5 Å². The van der Waals surface area contributed by atoms with Crippen molar-refractivity contribution in [2.75, 3.05) is 13.6 Å². The van der Waals surface area contributed by atoms with Crippen LogP contribution in [0, 0.1) is 0 Å². The highest BCUT2D eigenvalue weighted by Gasteiger charge is 2.20. The summed E-state index contributed by atoms with van der Waals surface area (Å²) in [6, 6.07) is 5.52. The van der Waals surface area contributed by atoms with E-state index < -0.39 is 12.2 Å². The number of rotatable bonds is 5. The van der Waals surface area contributed by atoms with E-state index >= 15 is 0 Å². The third-order valence-corrected chi connectivity index (χ3v) is 3.55. The molecule has 0 amide bonds. The van der Waals surface area contributed by atoms with E-state index in [0.717, 1.165) is 8.95 Å². The number of halogens is 2. The summed E-state index contributed by atoms with van der Waals surface area (Å²) >= 11 is 6.70. The molecule has 16 heavy (non-hydrogen) atoms. The molecular weight excluding hydrogens is 338 g/mol. The van der Waals surface area contributed by atoms with Gasteiger partial charge in [0.2, 0.25) is 0 Å². The second-order valence-corrected chi connectivity index (χ2v) is 5.34. The lowest BCUT2D eigenvalue weighted by molar-refractivity contribution is 0.0136. The summed E-state index contributed by atoms with van der Waals surface area (Å²) in [5.41, 5.74) is 0.693. The number of benzene rings is 1. The van der Waals surface area contributed by atoms with Crippen LogP contribution in [-0.2, 0) is 0 Å². The van der Waals surface area contributed by atoms with Gasteiger partial charge < -0.3 is 15.5 Å². The highest BCUT2D eigenvalue weighted by Crippen LogP contribution is 2.29. The molecule has 5 heteroatoms. The zero-order valence-corrected chi connectivity index (χ0v) is 12.1. The van der Waals surface area contributed by atoms with Crippen molar-refractivity contribution < 1.29 is 10.2 Å². The van der Waals surface area contributed by atoms with Crippen LogP contribution in [0.15, 0.2) is 27.1 Å². The summed E-state index contributed by atoms with van der Waals surface area (Å²) in [5, 5.41) is 22.7. The molecule has 1 aromatic rings. The third kappa shape index (κ3) is 3.82. The van der Waals surface area contributed by atoms with E-state index in [4.69, 9.17) is 0 Å². The van der Waals surface area contributed by atoms with Crippen LogP contribution < -0.4 is 5.32 Å². The number of hydrogen-bond acceptors (Lipinski definition) is 3. The van der Waals surface area contributed by atoms with Crippen molar-refractivity contribution >= 4 is 31.9 Å². The summed E-state index contributed by atoms with van der Waals surface area (Å²) in [6.07, 6.45) is -1.13. The molecule has 0 aliphatic rings. The summed E-state index contributed by atoms with van der Waals surface area (Å²) < 4.78 is 1.68. The molecule has 3 N–H and O–H groups in total. The Morgan fingerprint density at radius 2 is 2.00 bits per heavy atom. The fourth-order valence-electron chi connectivity index (χ4n) is 1.40. The van der Waals surface area contributed by atoms with Gasteiger partial charge in [0.15, 0.2) is 0 Å². The van der Waals surface area contributed by atoms with Gasteiger partial charge >= 0.3 is 0 Å². The number of aliphatic hydroxyl groups excluding tert-OH is 2. The van der Waals surface area contributed by atoms with Crippen LogP contribution in [0.4, 0.5) is 0 Å². The van der Waals surface area contributed by atoms with Crippen LogP contribution in [0.25, 0.3) is 0 Å². The maximum absolute atomic E-state index is 9.99. The Hall–Kier alpha value is 0.0600. The van der Waals surface area contributed by atoms with Gasteiger partial charge in [0.25, 0.3) is 0 Å². The summed E-state index contributed by atoms with van der Waals surface area (Å²) in [5.74, 6) is 0. The predicted molar refractivity (Wildman–Crippen MR) is 71.4 cm³/mol. The highest BCUT2D eigenvalue weighted by molar-refractivity contribution is 9.11. The fourth-order valence-corrected chi connectivity index (χ4v) is 2.26. The maximum Gasteiger partial charge on any atom is 0.106 e. The van der Waals surface area contributed by atoms with Gasteiger partial charge in [-0.05, 0) is 43.8 Å². The van der Waals surface area contributed by atoms with Gasteiger partial charge in [-0.15, -0.1) is 0 Å². The van der Waals surface area contributed by atoms with Crippen molar-refractivity contribution in [3.63, 3.8) is 0 Å². The Bertz CT molecular complexity index is 347. The Labute approximate surface area is 112 Å². The van der Waals surface area contributed by atoms with Gasteiger partial charge in [-0.2, -0.15) is 0 Å². The van der Waals surface area contributed by atoms with Crippen LogP contribution >= 0.6 is 31.9 Å². The van der Waals surface area contributed by atoms with Gasteiger partial charge in [0.1, 0.15) is 6.10 Å². The van der Waals surface area contributed by atoms with Crippen molar-refractivity contribution in [3.05, 3.63) is 32.7 Å². The van der Waals surface area contributed by atoms with Crippen molar-refractivity contribution in [3.8, 4) is 0 Å². The molecule has 0 bridgehead atoms. The molecule has 0 fully saturated rings. The van der Waals surface area contributed by atoms with E-state index in [9.17, 15) is 10.2 Å².